The molecule has 1 aromatic heterocycles. The highest BCUT2D eigenvalue weighted by Crippen LogP contribution is 2.13. The molecule has 0 unspecified atom stereocenters. The number of halogens is 1. The monoisotopic (exact) mass is 364 g/mol. The Bertz CT molecular complexity index is 888. The summed E-state index contributed by atoms with van der Waals surface area (Å²) in [5.41, 5.74) is 5.32. The Morgan fingerprint density at radius 2 is 2.08 bits per heavy atom. The Balaban J connectivity index is 2.21. The summed E-state index contributed by atoms with van der Waals surface area (Å²) in [6.07, 6.45) is 0.651. The number of H-pyrrole nitrogens is 1. The lowest BCUT2D eigenvalue weighted by Gasteiger charge is -2.17. The fraction of sp³-hybridized carbons (Fsp3) is 0.353. The molecule has 1 heterocycles. The Morgan fingerprint density at radius 3 is 2.72 bits per heavy atom. The standard InChI is InChI=1S/C17H21ClN4O3/c1-3-7-22-15(19)14(16(24)20-17(22)25)13(23)10-21(2)9-11-5-4-6-12(18)8-11/h4-6,8H,3,7,9-10,19H2,1-2H3,(H,20,24,25). The zero-order valence-corrected chi connectivity index (χ0v) is 15.0. The number of rotatable bonds is 7. The number of carbonyl (C=O) groups is 1. The van der Waals surface area contributed by atoms with Gasteiger partial charge >= 0.3 is 5.69 Å². The van der Waals surface area contributed by atoms with Crippen molar-refractivity contribution >= 4 is 23.2 Å². The van der Waals surface area contributed by atoms with E-state index in [1.54, 1.807) is 18.0 Å². The number of hydrogen-bond donors (Lipinski definition) is 2. The summed E-state index contributed by atoms with van der Waals surface area (Å²) in [4.78, 5) is 40.3. The normalized spacial score (nSPS) is 11.0. The van der Waals surface area contributed by atoms with E-state index >= 15 is 0 Å². The lowest BCUT2D eigenvalue weighted by molar-refractivity contribution is 0.0941. The molecular formula is C17H21ClN4O3. The number of ketones is 1. The summed E-state index contributed by atoms with van der Waals surface area (Å²) in [6, 6.07) is 7.31. The van der Waals surface area contributed by atoms with Crippen LogP contribution >= 0.6 is 11.6 Å². The van der Waals surface area contributed by atoms with E-state index in [0.29, 0.717) is 24.5 Å². The van der Waals surface area contributed by atoms with E-state index in [1.165, 1.54) is 4.57 Å². The molecule has 0 atom stereocenters. The summed E-state index contributed by atoms with van der Waals surface area (Å²) in [5, 5.41) is 0.615. The third kappa shape index (κ3) is 4.58. The Morgan fingerprint density at radius 1 is 1.36 bits per heavy atom. The van der Waals surface area contributed by atoms with Crippen LogP contribution in [0.4, 0.5) is 5.82 Å². The second kappa shape index (κ2) is 8.13. The highest BCUT2D eigenvalue weighted by Gasteiger charge is 2.20. The van der Waals surface area contributed by atoms with Crippen LogP contribution in [-0.4, -0.2) is 33.8 Å². The fourth-order valence-corrected chi connectivity index (χ4v) is 2.84. The van der Waals surface area contributed by atoms with Gasteiger partial charge in [0.05, 0.1) is 6.54 Å². The number of Topliss-reactive ketones (excluding diaryl/α,β-unsaturated/α-hetero) is 1. The van der Waals surface area contributed by atoms with Gasteiger partial charge in [-0.2, -0.15) is 0 Å². The van der Waals surface area contributed by atoms with E-state index in [4.69, 9.17) is 17.3 Å². The van der Waals surface area contributed by atoms with Crippen LogP contribution in [0, 0.1) is 0 Å². The number of nitrogen functional groups attached to an aromatic ring is 1. The predicted molar refractivity (Wildman–Crippen MR) is 98.1 cm³/mol. The molecule has 2 aromatic rings. The summed E-state index contributed by atoms with van der Waals surface area (Å²) in [5.74, 6) is -0.523. The molecule has 7 nitrogen and oxygen atoms in total. The lowest BCUT2D eigenvalue weighted by atomic mass is 10.1. The second-order valence-corrected chi connectivity index (χ2v) is 6.33. The van der Waals surface area contributed by atoms with Gasteiger partial charge in [0.25, 0.3) is 5.56 Å². The van der Waals surface area contributed by atoms with Gasteiger partial charge in [-0.05, 0) is 31.2 Å². The molecule has 0 spiro atoms. The molecule has 0 fully saturated rings. The molecule has 0 aliphatic heterocycles. The first-order valence-electron chi connectivity index (χ1n) is 7.92. The van der Waals surface area contributed by atoms with Crippen molar-refractivity contribution in [3.8, 4) is 0 Å². The molecule has 0 saturated carbocycles. The van der Waals surface area contributed by atoms with Crippen molar-refractivity contribution in [1.82, 2.24) is 14.5 Å². The summed E-state index contributed by atoms with van der Waals surface area (Å²) in [7, 11) is 1.76. The van der Waals surface area contributed by atoms with Crippen LogP contribution in [0.15, 0.2) is 33.9 Å². The summed E-state index contributed by atoms with van der Waals surface area (Å²) < 4.78 is 1.21. The van der Waals surface area contributed by atoms with Crippen molar-refractivity contribution in [2.45, 2.75) is 26.4 Å². The van der Waals surface area contributed by atoms with E-state index in [-0.39, 0.29) is 17.9 Å². The molecule has 0 aliphatic rings. The lowest BCUT2D eigenvalue weighted by Crippen LogP contribution is -2.38. The van der Waals surface area contributed by atoms with Crippen LogP contribution in [0.3, 0.4) is 0 Å². The van der Waals surface area contributed by atoms with Crippen LogP contribution < -0.4 is 17.0 Å². The molecule has 0 radical (unpaired) electrons. The van der Waals surface area contributed by atoms with Crippen LogP contribution in [0.2, 0.25) is 5.02 Å². The highest BCUT2D eigenvalue weighted by molar-refractivity contribution is 6.30. The third-order valence-corrected chi connectivity index (χ3v) is 3.96. The maximum absolute atomic E-state index is 12.5. The number of benzene rings is 1. The minimum absolute atomic E-state index is 0.00980. The van der Waals surface area contributed by atoms with Crippen molar-refractivity contribution in [3.05, 3.63) is 61.3 Å². The first kappa shape index (κ1) is 19.0. The van der Waals surface area contributed by atoms with Gasteiger partial charge in [-0.15, -0.1) is 0 Å². The van der Waals surface area contributed by atoms with E-state index in [9.17, 15) is 14.4 Å². The minimum atomic E-state index is -0.754. The molecular weight excluding hydrogens is 344 g/mol. The van der Waals surface area contributed by atoms with E-state index in [1.807, 2.05) is 25.1 Å². The van der Waals surface area contributed by atoms with Gasteiger partial charge in [0, 0.05) is 18.1 Å². The van der Waals surface area contributed by atoms with Gasteiger partial charge < -0.3 is 5.73 Å². The van der Waals surface area contributed by atoms with Crippen molar-refractivity contribution in [2.24, 2.45) is 0 Å². The molecule has 2 rings (SSSR count). The van der Waals surface area contributed by atoms with E-state index in [2.05, 4.69) is 4.98 Å². The van der Waals surface area contributed by atoms with Gasteiger partial charge in [-0.25, -0.2) is 4.79 Å². The molecule has 0 saturated heterocycles. The van der Waals surface area contributed by atoms with E-state index < -0.39 is 17.0 Å². The molecule has 0 bridgehead atoms. The number of aromatic amines is 1. The largest absolute Gasteiger partial charge is 0.384 e. The molecule has 0 aliphatic carbocycles. The maximum atomic E-state index is 12.5. The van der Waals surface area contributed by atoms with Crippen molar-refractivity contribution in [1.29, 1.82) is 0 Å². The maximum Gasteiger partial charge on any atom is 0.329 e. The number of nitrogens with zero attached hydrogens (tertiary/aromatic N) is 2. The van der Waals surface area contributed by atoms with E-state index in [0.717, 1.165) is 5.56 Å². The number of aromatic nitrogens is 2. The first-order valence-corrected chi connectivity index (χ1v) is 8.30. The quantitative estimate of drug-likeness (QED) is 0.725. The van der Waals surface area contributed by atoms with Crippen molar-refractivity contribution in [3.63, 3.8) is 0 Å². The number of hydrogen-bond acceptors (Lipinski definition) is 5. The smallest absolute Gasteiger partial charge is 0.329 e. The van der Waals surface area contributed by atoms with Crippen LogP contribution in [0.25, 0.3) is 0 Å². The Hall–Kier alpha value is -2.38. The summed E-state index contributed by atoms with van der Waals surface area (Å²) in [6.45, 7) is 2.68. The zero-order chi connectivity index (χ0) is 18.6. The van der Waals surface area contributed by atoms with Gasteiger partial charge in [-0.1, -0.05) is 30.7 Å². The topological polar surface area (TPSA) is 101 Å². The second-order valence-electron chi connectivity index (χ2n) is 5.90. The molecule has 3 N–H and O–H groups in total. The number of nitrogens with one attached hydrogen (secondary N) is 1. The van der Waals surface area contributed by atoms with Crippen LogP contribution in [0.1, 0.15) is 29.3 Å². The fourth-order valence-electron chi connectivity index (χ4n) is 2.63. The van der Waals surface area contributed by atoms with Crippen LogP contribution in [-0.2, 0) is 13.1 Å². The Kier molecular flexibility index (Phi) is 6.17. The molecule has 134 valence electrons. The highest BCUT2D eigenvalue weighted by atomic mass is 35.5. The third-order valence-electron chi connectivity index (χ3n) is 3.72. The Labute approximate surface area is 150 Å². The molecule has 8 heteroatoms. The van der Waals surface area contributed by atoms with Crippen molar-refractivity contribution in [2.75, 3.05) is 19.3 Å². The van der Waals surface area contributed by atoms with Gasteiger partial charge in [0.2, 0.25) is 0 Å². The number of likely N-dealkylation sites (N-methyl/N-ethyl adjacent to an activating group) is 1. The molecule has 0 amide bonds. The number of nitrogens with two attached hydrogens (primary N) is 1. The zero-order valence-electron chi connectivity index (χ0n) is 14.2. The average molecular weight is 365 g/mol. The number of anilines is 1. The average Bonchev–Trinajstić information content (AvgIpc) is 2.51. The van der Waals surface area contributed by atoms with Gasteiger partial charge in [-0.3, -0.25) is 24.0 Å². The first-order chi connectivity index (χ1) is 11.8. The number of carbonyl (C=O) groups excluding carboxylic acids is 1. The summed E-state index contributed by atoms with van der Waals surface area (Å²) >= 11 is 5.95. The van der Waals surface area contributed by atoms with Gasteiger partial charge in [0.1, 0.15) is 11.4 Å². The minimum Gasteiger partial charge on any atom is -0.384 e. The predicted octanol–water partition coefficient (Wildman–Crippen LogP) is 1.50. The van der Waals surface area contributed by atoms with Gasteiger partial charge in [0.15, 0.2) is 5.78 Å². The molecule has 25 heavy (non-hydrogen) atoms. The molecule has 1 aromatic carbocycles. The van der Waals surface area contributed by atoms with Crippen LogP contribution in [0.5, 0.6) is 0 Å². The SMILES string of the molecule is CCCn1c(N)c(C(=O)CN(C)Cc2cccc(Cl)c2)c(=O)[nH]c1=O. The van der Waals surface area contributed by atoms with Crippen molar-refractivity contribution < 1.29 is 4.79 Å².